The van der Waals surface area contributed by atoms with Crippen LogP contribution in [0.4, 0.5) is 4.39 Å². The number of hydrogen-bond donors (Lipinski definition) is 1. The highest BCUT2D eigenvalue weighted by Gasteiger charge is 2.30. The number of piperidine rings is 1. The Bertz CT molecular complexity index is 613. The smallest absolute Gasteiger partial charge is 0.229 e. The Hall–Kier alpha value is -2.19. The van der Waals surface area contributed by atoms with Crippen LogP contribution in [-0.2, 0) is 16.1 Å². The normalized spacial score (nSPS) is 15.9. The molecule has 5 heteroatoms. The number of carbonyl (C=O) groups excluding carboxylic acids is 2. The van der Waals surface area contributed by atoms with E-state index >= 15 is 0 Å². The van der Waals surface area contributed by atoms with Crippen molar-refractivity contribution in [3.05, 3.63) is 35.1 Å². The van der Waals surface area contributed by atoms with E-state index in [1.165, 1.54) is 6.07 Å². The van der Waals surface area contributed by atoms with E-state index in [2.05, 4.69) is 11.8 Å². The fourth-order valence-corrected chi connectivity index (χ4v) is 2.28. The van der Waals surface area contributed by atoms with E-state index < -0.39 is 5.82 Å². The second-order valence-corrected chi connectivity index (χ2v) is 5.20. The van der Waals surface area contributed by atoms with Crippen molar-refractivity contribution in [2.24, 2.45) is 11.7 Å². The number of rotatable bonds is 2. The molecule has 21 heavy (non-hydrogen) atoms. The van der Waals surface area contributed by atoms with Gasteiger partial charge in [0.25, 0.3) is 0 Å². The van der Waals surface area contributed by atoms with Gasteiger partial charge in [-0.25, -0.2) is 4.39 Å². The van der Waals surface area contributed by atoms with Crippen molar-refractivity contribution in [3.63, 3.8) is 0 Å². The van der Waals surface area contributed by atoms with Crippen molar-refractivity contribution < 1.29 is 14.0 Å². The molecule has 2 rings (SSSR count). The summed E-state index contributed by atoms with van der Waals surface area (Å²) >= 11 is 0. The van der Waals surface area contributed by atoms with Crippen LogP contribution in [0.2, 0.25) is 0 Å². The minimum Gasteiger partial charge on any atom is -0.320 e. The zero-order valence-corrected chi connectivity index (χ0v) is 11.9. The van der Waals surface area contributed by atoms with Gasteiger partial charge in [0.1, 0.15) is 5.82 Å². The third kappa shape index (κ3) is 3.67. The molecule has 1 aliphatic heterocycles. The van der Waals surface area contributed by atoms with Crippen LogP contribution < -0.4 is 5.73 Å². The molecule has 1 saturated heterocycles. The standard InChI is InChI=1S/C16H17FN2O2/c1-11-7-15(20)19(16(21)8-11)10-13-5-4-12(3-2-6-18)9-14(13)17/h4-5,9,11H,6-8,10,18H2,1H3. The highest BCUT2D eigenvalue weighted by atomic mass is 19.1. The van der Waals surface area contributed by atoms with Gasteiger partial charge in [-0.2, -0.15) is 0 Å². The molecule has 1 aromatic rings. The lowest BCUT2D eigenvalue weighted by molar-refractivity contribution is -0.150. The molecule has 0 aliphatic carbocycles. The van der Waals surface area contributed by atoms with E-state index in [0.29, 0.717) is 24.0 Å². The van der Waals surface area contributed by atoms with Crippen molar-refractivity contribution in [3.8, 4) is 11.8 Å². The van der Waals surface area contributed by atoms with Gasteiger partial charge in [-0.05, 0) is 18.1 Å². The number of benzene rings is 1. The van der Waals surface area contributed by atoms with E-state index in [0.717, 1.165) is 4.90 Å². The SMILES string of the molecule is CC1CC(=O)N(Cc2ccc(C#CCN)cc2F)C(=O)C1. The first-order valence-electron chi connectivity index (χ1n) is 6.82. The van der Waals surface area contributed by atoms with Gasteiger partial charge >= 0.3 is 0 Å². The Morgan fingerprint density at radius 2 is 2.00 bits per heavy atom. The van der Waals surface area contributed by atoms with Gasteiger partial charge in [-0.3, -0.25) is 14.5 Å². The Morgan fingerprint density at radius 3 is 2.57 bits per heavy atom. The third-order valence-corrected chi connectivity index (χ3v) is 3.36. The fraction of sp³-hybridized carbons (Fsp3) is 0.375. The maximum Gasteiger partial charge on any atom is 0.229 e. The van der Waals surface area contributed by atoms with Crippen molar-refractivity contribution >= 4 is 11.8 Å². The Labute approximate surface area is 123 Å². The van der Waals surface area contributed by atoms with E-state index in [9.17, 15) is 14.0 Å². The highest BCUT2D eigenvalue weighted by molar-refractivity contribution is 5.97. The molecule has 0 aromatic heterocycles. The van der Waals surface area contributed by atoms with E-state index in [-0.39, 0.29) is 30.8 Å². The van der Waals surface area contributed by atoms with Gasteiger partial charge in [0.2, 0.25) is 11.8 Å². The van der Waals surface area contributed by atoms with Gasteiger partial charge in [-0.15, -0.1) is 0 Å². The summed E-state index contributed by atoms with van der Waals surface area (Å²) < 4.78 is 14.0. The maximum atomic E-state index is 14.0. The maximum absolute atomic E-state index is 14.0. The van der Waals surface area contributed by atoms with Gasteiger partial charge in [0.05, 0.1) is 13.1 Å². The Morgan fingerprint density at radius 1 is 1.33 bits per heavy atom. The second kappa shape index (κ2) is 6.51. The molecule has 2 amide bonds. The average Bonchev–Trinajstić information content (AvgIpc) is 2.42. The first-order valence-corrected chi connectivity index (χ1v) is 6.82. The lowest BCUT2D eigenvalue weighted by atomic mass is 9.97. The molecule has 0 spiro atoms. The largest absolute Gasteiger partial charge is 0.320 e. The summed E-state index contributed by atoms with van der Waals surface area (Å²) in [5.74, 6) is 4.47. The van der Waals surface area contributed by atoms with Crippen LogP contribution in [0.1, 0.15) is 30.9 Å². The first kappa shape index (κ1) is 15.2. The quantitative estimate of drug-likeness (QED) is 0.661. The lowest BCUT2D eigenvalue weighted by Gasteiger charge is -2.28. The number of carbonyl (C=O) groups is 2. The molecule has 0 radical (unpaired) electrons. The van der Waals surface area contributed by atoms with Crippen LogP contribution in [0.5, 0.6) is 0 Å². The molecular weight excluding hydrogens is 271 g/mol. The number of nitrogens with two attached hydrogens (primary N) is 1. The van der Waals surface area contributed by atoms with Crippen LogP contribution in [0.25, 0.3) is 0 Å². The molecule has 1 aliphatic rings. The van der Waals surface area contributed by atoms with Crippen molar-refractivity contribution in [2.75, 3.05) is 6.54 Å². The average molecular weight is 288 g/mol. The molecule has 0 unspecified atom stereocenters. The Balaban J connectivity index is 2.16. The summed E-state index contributed by atoms with van der Waals surface area (Å²) in [6.07, 6.45) is 0.654. The second-order valence-electron chi connectivity index (χ2n) is 5.20. The summed E-state index contributed by atoms with van der Waals surface area (Å²) in [7, 11) is 0. The van der Waals surface area contributed by atoms with Crippen LogP contribution in [0, 0.1) is 23.6 Å². The van der Waals surface area contributed by atoms with E-state index in [1.54, 1.807) is 12.1 Å². The third-order valence-electron chi connectivity index (χ3n) is 3.36. The number of nitrogens with zero attached hydrogens (tertiary/aromatic N) is 1. The monoisotopic (exact) mass is 288 g/mol. The van der Waals surface area contributed by atoms with Gasteiger partial charge < -0.3 is 5.73 Å². The number of likely N-dealkylation sites (tertiary alicyclic amines) is 1. The highest BCUT2D eigenvalue weighted by Crippen LogP contribution is 2.22. The number of imide groups is 1. The van der Waals surface area contributed by atoms with Crippen LogP contribution in [-0.4, -0.2) is 23.3 Å². The van der Waals surface area contributed by atoms with Gasteiger partial charge in [0, 0.05) is 24.0 Å². The summed E-state index contributed by atoms with van der Waals surface area (Å²) in [4.78, 5) is 24.9. The summed E-state index contributed by atoms with van der Waals surface area (Å²) in [6, 6.07) is 4.50. The molecular formula is C16H17FN2O2. The molecule has 1 fully saturated rings. The molecule has 0 bridgehead atoms. The minimum absolute atomic E-state index is 0.0270. The molecule has 110 valence electrons. The predicted molar refractivity (Wildman–Crippen MR) is 76.3 cm³/mol. The van der Waals surface area contributed by atoms with Crippen molar-refractivity contribution in [1.29, 1.82) is 0 Å². The van der Waals surface area contributed by atoms with Crippen LogP contribution >= 0.6 is 0 Å². The lowest BCUT2D eigenvalue weighted by Crippen LogP contribution is -2.42. The molecule has 0 atom stereocenters. The number of hydrogen-bond acceptors (Lipinski definition) is 3. The molecule has 0 saturated carbocycles. The molecule has 2 N–H and O–H groups in total. The Kier molecular flexibility index (Phi) is 4.71. The van der Waals surface area contributed by atoms with Crippen LogP contribution in [0.3, 0.4) is 0 Å². The minimum atomic E-state index is -0.474. The zero-order valence-electron chi connectivity index (χ0n) is 11.9. The molecule has 1 heterocycles. The summed E-state index contributed by atoms with van der Waals surface area (Å²) in [6.45, 7) is 2.04. The van der Waals surface area contributed by atoms with Crippen molar-refractivity contribution in [2.45, 2.75) is 26.3 Å². The number of halogens is 1. The number of amides is 2. The topological polar surface area (TPSA) is 63.4 Å². The first-order chi connectivity index (χ1) is 10.0. The summed E-state index contributed by atoms with van der Waals surface area (Å²) in [5, 5.41) is 0. The van der Waals surface area contributed by atoms with Crippen LogP contribution in [0.15, 0.2) is 18.2 Å². The molecule has 4 nitrogen and oxygen atoms in total. The molecule has 1 aromatic carbocycles. The summed E-state index contributed by atoms with van der Waals surface area (Å²) in [5.41, 5.74) is 6.09. The fourth-order valence-electron chi connectivity index (χ4n) is 2.28. The van der Waals surface area contributed by atoms with Gasteiger partial charge in [0.15, 0.2) is 0 Å². The predicted octanol–water partition coefficient (Wildman–Crippen LogP) is 1.42. The van der Waals surface area contributed by atoms with Crippen molar-refractivity contribution in [1.82, 2.24) is 4.90 Å². The van der Waals surface area contributed by atoms with E-state index in [4.69, 9.17) is 5.73 Å². The van der Waals surface area contributed by atoms with Gasteiger partial charge in [-0.1, -0.05) is 24.8 Å². The van der Waals surface area contributed by atoms with E-state index in [1.807, 2.05) is 6.92 Å². The zero-order chi connectivity index (χ0) is 15.4.